The van der Waals surface area contributed by atoms with Crippen molar-refractivity contribution in [2.75, 3.05) is 0 Å². The molecule has 0 amide bonds. The number of hydrogen-bond acceptors (Lipinski definition) is 2. The van der Waals surface area contributed by atoms with Gasteiger partial charge in [0, 0.05) is 20.8 Å². The molecular weight excluding hydrogens is 559 g/mol. The van der Waals surface area contributed by atoms with Gasteiger partial charge in [-0.3, -0.25) is 0 Å². The van der Waals surface area contributed by atoms with E-state index in [4.69, 9.17) is 32.7 Å². The Morgan fingerprint density at radius 3 is 1.05 bits per heavy atom. The molecule has 0 fully saturated rings. The molecule has 7 rings (SSSR count). The second-order valence-corrected chi connectivity index (χ2v) is 10.8. The standard InChI is InChI=1S/C38H24Cl2O2/c39-33-23-24-34(40)38-36(26-17-21-30(22-18-26)42-28-11-5-2-6-12-28)32-14-8-7-13-31(32)35(37(33)38)25-15-19-29(20-16-25)41-27-9-3-1-4-10-27/h1-24H. The summed E-state index contributed by atoms with van der Waals surface area (Å²) in [5.74, 6) is 3.11. The van der Waals surface area contributed by atoms with Crippen molar-refractivity contribution < 1.29 is 9.47 Å². The number of rotatable bonds is 6. The second-order valence-electron chi connectivity index (χ2n) is 9.95. The molecule has 0 aliphatic heterocycles. The Morgan fingerprint density at radius 2 is 0.667 bits per heavy atom. The molecular formula is C38H24Cl2O2. The Balaban J connectivity index is 1.39. The highest BCUT2D eigenvalue weighted by molar-refractivity contribution is 6.44. The minimum atomic E-state index is 0.644. The van der Waals surface area contributed by atoms with Gasteiger partial charge in [0.2, 0.25) is 0 Å². The third kappa shape index (κ3) is 4.96. The van der Waals surface area contributed by atoms with Gasteiger partial charge in [0.25, 0.3) is 0 Å². The molecule has 0 saturated heterocycles. The fourth-order valence-corrected chi connectivity index (χ4v) is 5.96. The lowest BCUT2D eigenvalue weighted by Crippen LogP contribution is -1.93. The molecule has 0 bridgehead atoms. The van der Waals surface area contributed by atoms with Crippen molar-refractivity contribution in [3.05, 3.63) is 156 Å². The molecule has 0 aliphatic carbocycles. The first-order valence-electron chi connectivity index (χ1n) is 13.6. The first kappa shape index (κ1) is 26.2. The lowest BCUT2D eigenvalue weighted by atomic mass is 9.86. The molecule has 0 aromatic heterocycles. The van der Waals surface area contributed by atoms with Crippen molar-refractivity contribution >= 4 is 44.7 Å². The van der Waals surface area contributed by atoms with Crippen molar-refractivity contribution in [1.29, 1.82) is 0 Å². The zero-order valence-electron chi connectivity index (χ0n) is 22.4. The molecule has 0 spiro atoms. The monoisotopic (exact) mass is 582 g/mol. The van der Waals surface area contributed by atoms with Crippen LogP contribution in [0.1, 0.15) is 0 Å². The molecule has 4 heteroatoms. The van der Waals surface area contributed by atoms with E-state index in [1.54, 1.807) is 0 Å². The van der Waals surface area contributed by atoms with Crippen molar-refractivity contribution in [3.63, 3.8) is 0 Å². The summed E-state index contributed by atoms with van der Waals surface area (Å²) >= 11 is 14.0. The van der Waals surface area contributed by atoms with Gasteiger partial charge in [0.15, 0.2) is 0 Å². The average molecular weight is 584 g/mol. The Hall–Kier alpha value is -4.76. The Labute approximate surface area is 254 Å². The highest BCUT2D eigenvalue weighted by atomic mass is 35.5. The van der Waals surface area contributed by atoms with E-state index in [1.807, 2.05) is 97.1 Å². The number of para-hydroxylation sites is 2. The van der Waals surface area contributed by atoms with E-state index in [0.29, 0.717) is 10.0 Å². The smallest absolute Gasteiger partial charge is 0.127 e. The Bertz CT molecular complexity index is 1870. The van der Waals surface area contributed by atoms with Gasteiger partial charge in [0.05, 0.1) is 0 Å². The van der Waals surface area contributed by atoms with Crippen LogP contribution in [-0.4, -0.2) is 0 Å². The summed E-state index contributed by atoms with van der Waals surface area (Å²) in [5.41, 5.74) is 4.12. The first-order chi connectivity index (χ1) is 20.7. The van der Waals surface area contributed by atoms with Crippen molar-refractivity contribution in [3.8, 4) is 45.3 Å². The predicted octanol–water partition coefficient (Wildman–Crippen LogP) is 12.2. The third-order valence-corrected chi connectivity index (χ3v) is 7.94. The quantitative estimate of drug-likeness (QED) is 0.181. The van der Waals surface area contributed by atoms with E-state index in [0.717, 1.165) is 66.8 Å². The van der Waals surface area contributed by atoms with E-state index in [-0.39, 0.29) is 0 Å². The van der Waals surface area contributed by atoms with Gasteiger partial charge >= 0.3 is 0 Å². The van der Waals surface area contributed by atoms with E-state index in [9.17, 15) is 0 Å². The molecule has 7 aromatic rings. The van der Waals surface area contributed by atoms with Gasteiger partial charge in [-0.2, -0.15) is 0 Å². The maximum Gasteiger partial charge on any atom is 0.127 e. The molecule has 0 N–H and O–H groups in total. The number of fused-ring (bicyclic) bond motifs is 2. The Morgan fingerprint density at radius 1 is 0.333 bits per heavy atom. The van der Waals surface area contributed by atoms with E-state index < -0.39 is 0 Å². The maximum absolute atomic E-state index is 6.99. The van der Waals surface area contributed by atoms with Crippen LogP contribution < -0.4 is 9.47 Å². The topological polar surface area (TPSA) is 18.5 Å². The van der Waals surface area contributed by atoms with E-state index in [1.165, 1.54) is 0 Å². The maximum atomic E-state index is 6.99. The summed E-state index contributed by atoms with van der Waals surface area (Å²) in [6.45, 7) is 0. The van der Waals surface area contributed by atoms with Crippen LogP contribution in [0.3, 0.4) is 0 Å². The normalized spacial score (nSPS) is 11.1. The molecule has 2 nitrogen and oxygen atoms in total. The van der Waals surface area contributed by atoms with Gasteiger partial charge in [0.1, 0.15) is 23.0 Å². The second kappa shape index (κ2) is 11.3. The fourth-order valence-electron chi connectivity index (χ4n) is 5.46. The highest BCUT2D eigenvalue weighted by Gasteiger charge is 2.20. The van der Waals surface area contributed by atoms with Crippen LogP contribution >= 0.6 is 23.2 Å². The van der Waals surface area contributed by atoms with Gasteiger partial charge in [-0.15, -0.1) is 0 Å². The van der Waals surface area contributed by atoms with Crippen molar-refractivity contribution in [2.45, 2.75) is 0 Å². The molecule has 0 aliphatic rings. The molecule has 0 atom stereocenters. The van der Waals surface area contributed by atoms with Crippen LogP contribution in [-0.2, 0) is 0 Å². The predicted molar refractivity (Wildman–Crippen MR) is 175 cm³/mol. The molecule has 0 saturated carbocycles. The third-order valence-electron chi connectivity index (χ3n) is 7.31. The fraction of sp³-hybridized carbons (Fsp3) is 0. The molecule has 42 heavy (non-hydrogen) atoms. The van der Waals surface area contributed by atoms with Crippen molar-refractivity contribution in [1.82, 2.24) is 0 Å². The van der Waals surface area contributed by atoms with Gasteiger partial charge < -0.3 is 9.47 Å². The van der Waals surface area contributed by atoms with Crippen LogP contribution in [0, 0.1) is 0 Å². The SMILES string of the molecule is Clc1ccc(Cl)c2c(-c3ccc(Oc4ccccc4)cc3)c3ccccc3c(-c3ccc(Oc4ccccc4)cc3)c12. The zero-order valence-corrected chi connectivity index (χ0v) is 23.9. The van der Waals surface area contributed by atoms with Crippen LogP contribution in [0.5, 0.6) is 23.0 Å². The van der Waals surface area contributed by atoms with Crippen LogP contribution in [0.25, 0.3) is 43.8 Å². The zero-order chi connectivity index (χ0) is 28.5. The van der Waals surface area contributed by atoms with Crippen LogP contribution in [0.4, 0.5) is 0 Å². The molecule has 0 heterocycles. The number of hydrogen-bond donors (Lipinski definition) is 0. The molecule has 0 unspecified atom stereocenters. The van der Waals surface area contributed by atoms with E-state index >= 15 is 0 Å². The summed E-state index contributed by atoms with van der Waals surface area (Å²) in [7, 11) is 0. The molecule has 7 aromatic carbocycles. The lowest BCUT2D eigenvalue weighted by Gasteiger charge is -2.20. The summed E-state index contributed by atoms with van der Waals surface area (Å²) in [4.78, 5) is 0. The largest absolute Gasteiger partial charge is 0.457 e. The minimum Gasteiger partial charge on any atom is -0.457 e. The summed E-state index contributed by atoms with van der Waals surface area (Å²) in [6.07, 6.45) is 0. The molecule has 0 radical (unpaired) electrons. The number of benzene rings is 7. The number of halogens is 2. The van der Waals surface area contributed by atoms with Crippen LogP contribution in [0.2, 0.25) is 10.0 Å². The van der Waals surface area contributed by atoms with Gasteiger partial charge in [-0.25, -0.2) is 0 Å². The van der Waals surface area contributed by atoms with E-state index in [2.05, 4.69) is 48.5 Å². The van der Waals surface area contributed by atoms with Gasteiger partial charge in [-0.05, 0) is 93.7 Å². The first-order valence-corrected chi connectivity index (χ1v) is 14.4. The van der Waals surface area contributed by atoms with Crippen molar-refractivity contribution in [2.24, 2.45) is 0 Å². The average Bonchev–Trinajstić information content (AvgIpc) is 3.04. The number of ether oxygens (including phenoxy) is 2. The molecule has 202 valence electrons. The van der Waals surface area contributed by atoms with Crippen LogP contribution in [0.15, 0.2) is 146 Å². The van der Waals surface area contributed by atoms with Gasteiger partial charge in [-0.1, -0.05) is 108 Å². The summed E-state index contributed by atoms with van der Waals surface area (Å²) in [5, 5.41) is 5.30. The Kier molecular flexibility index (Phi) is 7.01. The minimum absolute atomic E-state index is 0.644. The summed E-state index contributed by atoms with van der Waals surface area (Å²) in [6, 6.07) is 47.9. The summed E-state index contributed by atoms with van der Waals surface area (Å²) < 4.78 is 12.1. The highest BCUT2D eigenvalue weighted by Crippen LogP contribution is 2.48. The lowest BCUT2D eigenvalue weighted by molar-refractivity contribution is 0.482.